The van der Waals surface area contributed by atoms with Crippen molar-refractivity contribution in [1.82, 2.24) is 4.90 Å². The molecule has 0 saturated carbocycles. The minimum atomic E-state index is -0.155. The molecule has 1 aliphatic heterocycles. The van der Waals surface area contributed by atoms with Crippen LogP contribution in [0, 0.1) is 0 Å². The zero-order valence-corrected chi connectivity index (χ0v) is 20.4. The van der Waals surface area contributed by atoms with E-state index in [-0.39, 0.29) is 11.8 Å². The van der Waals surface area contributed by atoms with E-state index in [1.807, 2.05) is 30.3 Å². The molecule has 2 aromatic rings. The number of unbranched alkanes of at least 4 members (excludes halogenated alkanes) is 3. The first-order chi connectivity index (χ1) is 15.5. The third kappa shape index (κ3) is 4.83. The minimum Gasteiger partial charge on any atom is -0.384 e. The summed E-state index contributed by atoms with van der Waals surface area (Å²) in [5.41, 5.74) is 2.30. The van der Waals surface area contributed by atoms with Gasteiger partial charge in [-0.15, -0.1) is 0 Å². The molecule has 0 atom stereocenters. The van der Waals surface area contributed by atoms with Crippen LogP contribution >= 0.6 is 0 Å². The molecule has 1 heterocycles. The van der Waals surface area contributed by atoms with Gasteiger partial charge in [-0.1, -0.05) is 38.3 Å². The first kappa shape index (κ1) is 24.2. The normalized spacial score (nSPS) is 13.8. The number of amides is 2. The van der Waals surface area contributed by atoms with E-state index in [4.69, 9.17) is 0 Å². The predicted molar refractivity (Wildman–Crippen MR) is 133 cm³/mol. The van der Waals surface area contributed by atoms with E-state index in [1.165, 1.54) is 4.90 Å². The van der Waals surface area contributed by atoms with Gasteiger partial charge in [0.2, 0.25) is 0 Å². The molecule has 0 radical (unpaired) electrons. The Morgan fingerprint density at radius 2 is 1.50 bits per heavy atom. The Morgan fingerprint density at radius 1 is 0.812 bits per heavy atom. The molecule has 1 aliphatic rings. The van der Waals surface area contributed by atoms with Gasteiger partial charge in [0.1, 0.15) is 0 Å². The molecule has 0 aliphatic carbocycles. The second-order valence-electron chi connectivity index (χ2n) is 9.01. The fraction of sp³-hybridized carbons (Fsp3) is 0.556. The summed E-state index contributed by atoms with van der Waals surface area (Å²) in [5.74, 6) is -0.310. The van der Waals surface area contributed by atoms with Crippen LogP contribution in [0.4, 0.5) is 5.69 Å². The van der Waals surface area contributed by atoms with Gasteiger partial charge < -0.3 is 9.80 Å². The lowest BCUT2D eigenvalue weighted by molar-refractivity contribution is -0.923. The van der Waals surface area contributed by atoms with E-state index in [9.17, 15) is 9.59 Å². The van der Waals surface area contributed by atoms with Crippen molar-refractivity contribution in [2.75, 3.05) is 44.6 Å². The van der Waals surface area contributed by atoms with Crippen LogP contribution in [0.1, 0.15) is 80.5 Å². The molecule has 3 rings (SSSR count). The smallest absolute Gasteiger partial charge is 0.261 e. The topological polar surface area (TPSA) is 49.4 Å². The average molecular weight is 439 g/mol. The van der Waals surface area contributed by atoms with E-state index in [1.54, 1.807) is 0 Å². The van der Waals surface area contributed by atoms with Crippen molar-refractivity contribution >= 4 is 28.3 Å². The number of hydrogen-bond donors (Lipinski definition) is 1. The molecule has 0 fully saturated rings. The molecule has 174 valence electrons. The summed E-state index contributed by atoms with van der Waals surface area (Å²) in [7, 11) is 0. The van der Waals surface area contributed by atoms with Crippen LogP contribution in [0.2, 0.25) is 0 Å². The highest BCUT2D eigenvalue weighted by atomic mass is 16.2. The number of carbonyl (C=O) groups excluding carboxylic acids is 2. The lowest BCUT2D eigenvalue weighted by Gasteiger charge is -2.36. The Bertz CT molecular complexity index is 919. The number of carbonyl (C=O) groups is 2. The van der Waals surface area contributed by atoms with Gasteiger partial charge in [-0.3, -0.25) is 14.5 Å². The Labute approximate surface area is 193 Å². The van der Waals surface area contributed by atoms with Crippen LogP contribution in [0.15, 0.2) is 30.3 Å². The van der Waals surface area contributed by atoms with E-state index in [0.717, 1.165) is 85.8 Å². The summed E-state index contributed by atoms with van der Waals surface area (Å²) >= 11 is 0. The van der Waals surface area contributed by atoms with Crippen LogP contribution in [0.3, 0.4) is 0 Å². The van der Waals surface area contributed by atoms with Crippen LogP contribution in [-0.4, -0.2) is 60.5 Å². The first-order valence-electron chi connectivity index (χ1n) is 12.5. The van der Waals surface area contributed by atoms with Gasteiger partial charge in [0.05, 0.1) is 26.2 Å². The molecule has 5 nitrogen and oxygen atoms in total. The molecule has 0 bridgehead atoms. The highest BCUT2D eigenvalue weighted by molar-refractivity contribution is 6.26. The molecule has 0 unspecified atom stereocenters. The summed E-state index contributed by atoms with van der Waals surface area (Å²) in [6.45, 7) is 15.0. The lowest BCUT2D eigenvalue weighted by atomic mass is 9.92. The van der Waals surface area contributed by atoms with E-state index < -0.39 is 0 Å². The summed E-state index contributed by atoms with van der Waals surface area (Å²) in [6, 6.07) is 9.72. The monoisotopic (exact) mass is 438 g/mol. The molecule has 0 saturated heterocycles. The number of rotatable bonds is 13. The van der Waals surface area contributed by atoms with Crippen molar-refractivity contribution in [2.24, 2.45) is 0 Å². The van der Waals surface area contributed by atoms with Gasteiger partial charge in [-0.05, 0) is 45.4 Å². The predicted octanol–water partition coefficient (Wildman–Crippen LogP) is 5.69. The second-order valence-corrected chi connectivity index (χ2v) is 9.01. The van der Waals surface area contributed by atoms with Gasteiger partial charge in [0.15, 0.2) is 0 Å². The number of quaternary nitrogens is 1. The molecule has 0 spiro atoms. The second kappa shape index (κ2) is 11.0. The standard InChI is InChI=1S/C27H39N3O2/c1-5-9-10-11-19-29-26(31)22-15-12-14-21-24(17-16-23(25(21)22)27(29)32)28-18-13-20-30(6-2,7-3)8-4/h12,14-17H,5-11,13,18-20H2,1-4H3/p+1. The van der Waals surface area contributed by atoms with Crippen LogP contribution < -0.4 is 5.32 Å². The van der Waals surface area contributed by atoms with Gasteiger partial charge in [0, 0.05) is 47.1 Å². The number of nitrogens with zero attached hydrogens (tertiary/aromatic N) is 2. The van der Waals surface area contributed by atoms with E-state index in [0.29, 0.717) is 17.7 Å². The summed E-state index contributed by atoms with van der Waals surface area (Å²) in [6.07, 6.45) is 5.26. The molecule has 0 aromatic heterocycles. The molecule has 5 heteroatoms. The maximum atomic E-state index is 13.1. The number of benzene rings is 2. The molecular formula is C27H40N3O2+. The Balaban J connectivity index is 1.77. The molecule has 2 aromatic carbocycles. The van der Waals surface area contributed by atoms with Crippen molar-refractivity contribution in [3.63, 3.8) is 0 Å². The fourth-order valence-electron chi connectivity index (χ4n) is 4.98. The number of nitrogens with one attached hydrogen (secondary N) is 1. The highest BCUT2D eigenvalue weighted by Gasteiger charge is 2.32. The number of hydrogen-bond acceptors (Lipinski definition) is 3. The zero-order chi connectivity index (χ0) is 23.1. The largest absolute Gasteiger partial charge is 0.384 e. The van der Waals surface area contributed by atoms with Crippen LogP contribution in [-0.2, 0) is 0 Å². The van der Waals surface area contributed by atoms with Crippen molar-refractivity contribution in [1.29, 1.82) is 0 Å². The molecule has 32 heavy (non-hydrogen) atoms. The molecule has 1 N–H and O–H groups in total. The summed E-state index contributed by atoms with van der Waals surface area (Å²) < 4.78 is 1.14. The number of anilines is 1. The summed E-state index contributed by atoms with van der Waals surface area (Å²) in [5, 5.41) is 5.35. The van der Waals surface area contributed by atoms with Gasteiger partial charge in [0.25, 0.3) is 11.8 Å². The Kier molecular flexibility index (Phi) is 8.30. The lowest BCUT2D eigenvalue weighted by Crippen LogP contribution is -2.48. The Hall–Kier alpha value is -2.40. The van der Waals surface area contributed by atoms with Crippen molar-refractivity contribution in [2.45, 2.75) is 59.8 Å². The number of imide groups is 1. The van der Waals surface area contributed by atoms with E-state index in [2.05, 4.69) is 33.0 Å². The SMILES string of the molecule is CCCCCCN1C(=O)c2cccc3c(NCCC[N+](CC)(CC)CC)ccc(c23)C1=O. The van der Waals surface area contributed by atoms with Gasteiger partial charge >= 0.3 is 0 Å². The van der Waals surface area contributed by atoms with Gasteiger partial charge in [-0.25, -0.2) is 0 Å². The highest BCUT2D eigenvalue weighted by Crippen LogP contribution is 2.34. The first-order valence-corrected chi connectivity index (χ1v) is 12.5. The molecular weight excluding hydrogens is 398 g/mol. The van der Waals surface area contributed by atoms with Crippen LogP contribution in [0.5, 0.6) is 0 Å². The third-order valence-corrected chi connectivity index (χ3v) is 7.36. The van der Waals surface area contributed by atoms with E-state index >= 15 is 0 Å². The van der Waals surface area contributed by atoms with Crippen molar-refractivity contribution in [3.8, 4) is 0 Å². The average Bonchev–Trinajstić information content (AvgIpc) is 2.83. The maximum Gasteiger partial charge on any atom is 0.261 e. The quantitative estimate of drug-likeness (QED) is 0.248. The maximum absolute atomic E-state index is 13.1. The van der Waals surface area contributed by atoms with Crippen molar-refractivity contribution in [3.05, 3.63) is 41.5 Å². The summed E-state index contributed by atoms with van der Waals surface area (Å²) in [4.78, 5) is 27.7. The minimum absolute atomic E-state index is 0.155. The Morgan fingerprint density at radius 3 is 2.16 bits per heavy atom. The third-order valence-electron chi connectivity index (χ3n) is 7.36. The van der Waals surface area contributed by atoms with Crippen molar-refractivity contribution < 1.29 is 14.1 Å². The fourth-order valence-corrected chi connectivity index (χ4v) is 4.98. The van der Waals surface area contributed by atoms with Gasteiger partial charge in [-0.2, -0.15) is 0 Å². The molecule has 2 amide bonds. The zero-order valence-electron chi connectivity index (χ0n) is 20.4. The van der Waals surface area contributed by atoms with Crippen LogP contribution in [0.25, 0.3) is 10.8 Å².